The number of hydrogen-bond acceptors (Lipinski definition) is 4. The molecule has 2 N–H and O–H groups in total. The van der Waals surface area contributed by atoms with E-state index in [9.17, 15) is 4.79 Å². The number of carbonyl (C=O) groups is 1. The molecule has 1 saturated heterocycles. The highest BCUT2D eigenvalue weighted by Gasteiger charge is 2.34. The zero-order valence-corrected chi connectivity index (χ0v) is 12.4. The molecule has 1 aromatic rings. The Morgan fingerprint density at radius 3 is 3.00 bits per heavy atom. The molecule has 1 amide bonds. The number of halogens is 1. The van der Waals surface area contributed by atoms with Gasteiger partial charge in [0.25, 0.3) is 0 Å². The van der Waals surface area contributed by atoms with Gasteiger partial charge >= 0.3 is 0 Å². The number of hydrogen-bond donors (Lipinski definition) is 1. The van der Waals surface area contributed by atoms with Gasteiger partial charge in [0.1, 0.15) is 11.8 Å². The van der Waals surface area contributed by atoms with E-state index in [2.05, 4.69) is 0 Å². The molecule has 0 saturated carbocycles. The first-order valence-corrected chi connectivity index (χ1v) is 6.88. The number of primary amides is 1. The van der Waals surface area contributed by atoms with Gasteiger partial charge in [0.2, 0.25) is 5.91 Å². The average Bonchev–Trinajstić information content (AvgIpc) is 2.40. The van der Waals surface area contributed by atoms with Crippen LogP contribution < -0.4 is 10.5 Å². The minimum Gasteiger partial charge on any atom is -0.496 e. The Hall–Kier alpha value is -1.30. The lowest BCUT2D eigenvalue weighted by Crippen LogP contribution is -2.56. The van der Waals surface area contributed by atoms with Crippen LogP contribution in [0.15, 0.2) is 18.2 Å². The van der Waals surface area contributed by atoms with Crippen LogP contribution in [0.1, 0.15) is 12.5 Å². The maximum absolute atomic E-state index is 11.6. The lowest BCUT2D eigenvalue weighted by Gasteiger charge is -2.38. The highest BCUT2D eigenvalue weighted by atomic mass is 35.5. The molecule has 0 aromatic heterocycles. The standard InChI is InChI=1S/C14H19ClN2O3/c1-9-13(14(16)18)17(5-6-20-9)8-10-3-4-11(15)7-12(10)19-2/h3-4,7,9,13H,5-6,8H2,1-2H3,(H2,16,18)/t9-,13+/m1/s1. The van der Waals surface area contributed by atoms with E-state index in [4.69, 9.17) is 26.8 Å². The number of methoxy groups -OCH3 is 1. The molecule has 110 valence electrons. The fourth-order valence-corrected chi connectivity index (χ4v) is 2.70. The molecule has 1 aliphatic rings. The van der Waals surface area contributed by atoms with E-state index in [1.165, 1.54) is 0 Å². The summed E-state index contributed by atoms with van der Waals surface area (Å²) in [6.45, 7) is 3.67. The van der Waals surface area contributed by atoms with Gasteiger partial charge in [-0.25, -0.2) is 0 Å². The molecule has 2 atom stereocenters. The second-order valence-electron chi connectivity index (χ2n) is 4.85. The van der Waals surface area contributed by atoms with E-state index < -0.39 is 6.04 Å². The van der Waals surface area contributed by atoms with Crippen molar-refractivity contribution in [2.24, 2.45) is 5.73 Å². The Bertz CT molecular complexity index is 495. The molecule has 1 aromatic carbocycles. The molecule has 2 rings (SSSR count). The fraction of sp³-hybridized carbons (Fsp3) is 0.500. The van der Waals surface area contributed by atoms with Gasteiger partial charge < -0.3 is 15.2 Å². The van der Waals surface area contributed by atoms with Crippen LogP contribution in [0.5, 0.6) is 5.75 Å². The predicted molar refractivity (Wildman–Crippen MR) is 76.8 cm³/mol. The van der Waals surface area contributed by atoms with Crippen molar-refractivity contribution in [3.05, 3.63) is 28.8 Å². The van der Waals surface area contributed by atoms with Crippen LogP contribution in [-0.2, 0) is 16.1 Å². The SMILES string of the molecule is COc1cc(Cl)ccc1CN1CCO[C@H](C)[C@H]1C(N)=O. The van der Waals surface area contributed by atoms with Crippen molar-refractivity contribution in [3.8, 4) is 5.75 Å². The lowest BCUT2D eigenvalue weighted by molar-refractivity contribution is -0.136. The first-order valence-electron chi connectivity index (χ1n) is 6.50. The van der Waals surface area contributed by atoms with Crippen molar-refractivity contribution in [1.29, 1.82) is 0 Å². The minimum atomic E-state index is -0.427. The van der Waals surface area contributed by atoms with Crippen molar-refractivity contribution >= 4 is 17.5 Å². The molecule has 1 fully saturated rings. The van der Waals surface area contributed by atoms with Gasteiger partial charge in [-0.3, -0.25) is 9.69 Å². The van der Waals surface area contributed by atoms with Crippen molar-refractivity contribution in [2.75, 3.05) is 20.3 Å². The molecule has 0 unspecified atom stereocenters. The minimum absolute atomic E-state index is 0.209. The zero-order chi connectivity index (χ0) is 14.7. The quantitative estimate of drug-likeness (QED) is 0.913. The van der Waals surface area contributed by atoms with E-state index in [-0.39, 0.29) is 12.0 Å². The van der Waals surface area contributed by atoms with Gasteiger partial charge in [0, 0.05) is 23.7 Å². The summed E-state index contributed by atoms with van der Waals surface area (Å²) in [6, 6.07) is 5.05. The number of morpholine rings is 1. The summed E-state index contributed by atoms with van der Waals surface area (Å²) in [5, 5.41) is 0.618. The lowest BCUT2D eigenvalue weighted by atomic mass is 10.1. The molecule has 6 heteroatoms. The maximum Gasteiger partial charge on any atom is 0.237 e. The second kappa shape index (κ2) is 6.43. The third kappa shape index (κ3) is 3.23. The van der Waals surface area contributed by atoms with Gasteiger partial charge in [0.05, 0.1) is 19.8 Å². The van der Waals surface area contributed by atoms with E-state index in [1.54, 1.807) is 13.2 Å². The number of amides is 1. The van der Waals surface area contributed by atoms with Crippen LogP contribution in [0, 0.1) is 0 Å². The fourth-order valence-electron chi connectivity index (χ4n) is 2.54. The number of nitrogens with zero attached hydrogens (tertiary/aromatic N) is 1. The maximum atomic E-state index is 11.6. The molecule has 0 aliphatic carbocycles. The summed E-state index contributed by atoms with van der Waals surface area (Å²) in [6.07, 6.45) is -0.209. The van der Waals surface area contributed by atoms with Crippen LogP contribution in [0.25, 0.3) is 0 Å². The van der Waals surface area contributed by atoms with Crippen LogP contribution in [0.2, 0.25) is 5.02 Å². The third-order valence-electron chi connectivity index (χ3n) is 3.51. The van der Waals surface area contributed by atoms with Crippen molar-refractivity contribution in [1.82, 2.24) is 4.90 Å². The summed E-state index contributed by atoms with van der Waals surface area (Å²) in [7, 11) is 1.60. The average molecular weight is 299 g/mol. The topological polar surface area (TPSA) is 64.8 Å². The van der Waals surface area contributed by atoms with E-state index in [0.717, 1.165) is 5.56 Å². The van der Waals surface area contributed by atoms with E-state index in [0.29, 0.717) is 30.5 Å². The normalized spacial score (nSPS) is 23.6. The summed E-state index contributed by atoms with van der Waals surface area (Å²) in [4.78, 5) is 13.6. The van der Waals surface area contributed by atoms with Crippen LogP contribution in [-0.4, -0.2) is 43.2 Å². The highest BCUT2D eigenvalue weighted by molar-refractivity contribution is 6.30. The number of carbonyl (C=O) groups excluding carboxylic acids is 1. The molecule has 1 heterocycles. The van der Waals surface area contributed by atoms with Crippen LogP contribution in [0.4, 0.5) is 0 Å². The van der Waals surface area contributed by atoms with Crippen molar-refractivity contribution < 1.29 is 14.3 Å². The van der Waals surface area contributed by atoms with Crippen molar-refractivity contribution in [3.63, 3.8) is 0 Å². The Labute approximate surface area is 123 Å². The highest BCUT2D eigenvalue weighted by Crippen LogP contribution is 2.26. The molecule has 5 nitrogen and oxygen atoms in total. The smallest absolute Gasteiger partial charge is 0.237 e. The molecule has 20 heavy (non-hydrogen) atoms. The second-order valence-corrected chi connectivity index (χ2v) is 5.29. The monoisotopic (exact) mass is 298 g/mol. The number of benzene rings is 1. The first kappa shape index (κ1) is 15.1. The van der Waals surface area contributed by atoms with Crippen LogP contribution >= 0.6 is 11.6 Å². The number of nitrogens with two attached hydrogens (primary N) is 1. The van der Waals surface area contributed by atoms with Gasteiger partial charge in [-0.2, -0.15) is 0 Å². The van der Waals surface area contributed by atoms with Crippen molar-refractivity contribution in [2.45, 2.75) is 25.6 Å². The summed E-state index contributed by atoms with van der Waals surface area (Å²) in [5.74, 6) is 0.338. The summed E-state index contributed by atoms with van der Waals surface area (Å²) >= 11 is 5.95. The van der Waals surface area contributed by atoms with Crippen LogP contribution in [0.3, 0.4) is 0 Å². The zero-order valence-electron chi connectivity index (χ0n) is 11.6. The largest absolute Gasteiger partial charge is 0.496 e. The Morgan fingerprint density at radius 2 is 2.35 bits per heavy atom. The summed E-state index contributed by atoms with van der Waals surface area (Å²) < 4.78 is 10.8. The Morgan fingerprint density at radius 1 is 1.60 bits per heavy atom. The van der Waals surface area contributed by atoms with Gasteiger partial charge in [-0.15, -0.1) is 0 Å². The van der Waals surface area contributed by atoms with E-state index >= 15 is 0 Å². The van der Waals surface area contributed by atoms with Gasteiger partial charge in [-0.1, -0.05) is 17.7 Å². The summed E-state index contributed by atoms with van der Waals surface area (Å²) in [5.41, 5.74) is 6.45. The third-order valence-corrected chi connectivity index (χ3v) is 3.75. The molecular formula is C14H19ClN2O3. The molecular weight excluding hydrogens is 280 g/mol. The number of rotatable bonds is 4. The first-order chi connectivity index (χ1) is 9.52. The number of ether oxygens (including phenoxy) is 2. The van der Waals surface area contributed by atoms with E-state index in [1.807, 2.05) is 24.0 Å². The van der Waals surface area contributed by atoms with Gasteiger partial charge in [-0.05, 0) is 19.1 Å². The molecule has 1 aliphatic heterocycles. The Balaban J connectivity index is 2.21. The predicted octanol–water partition coefficient (Wildman–Crippen LogP) is 1.42. The molecule has 0 bridgehead atoms. The Kier molecular flexibility index (Phi) is 4.86. The molecule has 0 radical (unpaired) electrons. The molecule has 0 spiro atoms. The van der Waals surface area contributed by atoms with Gasteiger partial charge in [0.15, 0.2) is 0 Å².